The van der Waals surface area contributed by atoms with Gasteiger partial charge in [-0.05, 0) is 6.92 Å². The molecule has 2 rings (SSSR count). The third kappa shape index (κ3) is 2.83. The van der Waals surface area contributed by atoms with Crippen molar-refractivity contribution in [3.8, 4) is 0 Å². The highest BCUT2D eigenvalue weighted by molar-refractivity contribution is 5.44. The lowest BCUT2D eigenvalue weighted by atomic mass is 10.2. The minimum absolute atomic E-state index is 0.0278. The lowest BCUT2D eigenvalue weighted by Gasteiger charge is -2.36. The number of hydrogen-bond acceptors (Lipinski definition) is 6. The summed E-state index contributed by atoms with van der Waals surface area (Å²) >= 11 is 0. The summed E-state index contributed by atoms with van der Waals surface area (Å²) in [7, 11) is 1.81. The molecule has 1 saturated heterocycles. The highest BCUT2D eigenvalue weighted by Crippen LogP contribution is 2.18. The van der Waals surface area contributed by atoms with Crippen LogP contribution in [0.25, 0.3) is 0 Å². The number of morpholine rings is 1. The minimum atomic E-state index is -0.154. The fourth-order valence-electron chi connectivity index (χ4n) is 1.96. The van der Waals surface area contributed by atoms with Crippen molar-refractivity contribution in [1.82, 2.24) is 9.97 Å². The minimum Gasteiger partial charge on any atom is -0.394 e. The molecule has 2 heterocycles. The summed E-state index contributed by atoms with van der Waals surface area (Å²) in [5, 5.41) is 12.1. The Bertz CT molecular complexity index is 374. The number of aliphatic hydroxyl groups excluding tert-OH is 1. The number of aromatic nitrogens is 2. The van der Waals surface area contributed by atoms with E-state index in [4.69, 9.17) is 4.74 Å². The van der Waals surface area contributed by atoms with E-state index in [-0.39, 0.29) is 18.8 Å². The second kappa shape index (κ2) is 5.29. The molecule has 1 aliphatic heterocycles. The average Bonchev–Trinajstić information content (AvgIpc) is 2.38. The predicted octanol–water partition coefficient (Wildman–Crippen LogP) is 0.104. The average molecular weight is 238 g/mol. The molecule has 1 fully saturated rings. The molecule has 0 radical (unpaired) electrons. The maximum atomic E-state index is 9.17. The van der Waals surface area contributed by atoms with Crippen LogP contribution in [0.5, 0.6) is 0 Å². The molecule has 2 unspecified atom stereocenters. The molecule has 1 aromatic rings. The Morgan fingerprint density at radius 2 is 2.35 bits per heavy atom. The molecule has 1 aliphatic rings. The van der Waals surface area contributed by atoms with Gasteiger partial charge in [-0.3, -0.25) is 4.98 Å². The molecule has 0 aliphatic carbocycles. The number of anilines is 2. The van der Waals surface area contributed by atoms with Crippen LogP contribution in [0, 0.1) is 0 Å². The van der Waals surface area contributed by atoms with E-state index < -0.39 is 0 Å². The Labute approximate surface area is 101 Å². The van der Waals surface area contributed by atoms with Gasteiger partial charge in [0.15, 0.2) is 0 Å². The molecule has 0 spiro atoms. The molecule has 6 heteroatoms. The van der Waals surface area contributed by atoms with Gasteiger partial charge in [0.05, 0.1) is 31.2 Å². The second-order valence-electron chi connectivity index (χ2n) is 4.17. The summed E-state index contributed by atoms with van der Waals surface area (Å²) in [6.45, 7) is 3.42. The topological polar surface area (TPSA) is 70.5 Å². The van der Waals surface area contributed by atoms with E-state index in [9.17, 15) is 5.11 Å². The lowest BCUT2D eigenvalue weighted by Crippen LogP contribution is -2.48. The first-order chi connectivity index (χ1) is 8.22. The van der Waals surface area contributed by atoms with Crippen molar-refractivity contribution in [3.63, 3.8) is 0 Å². The maximum absolute atomic E-state index is 9.17. The smallest absolute Gasteiger partial charge is 0.149 e. The molecular weight excluding hydrogens is 220 g/mol. The summed E-state index contributed by atoms with van der Waals surface area (Å²) in [5.41, 5.74) is 0. The van der Waals surface area contributed by atoms with Crippen LogP contribution >= 0.6 is 0 Å². The van der Waals surface area contributed by atoms with Crippen molar-refractivity contribution in [2.75, 3.05) is 37.0 Å². The molecule has 6 nitrogen and oxygen atoms in total. The van der Waals surface area contributed by atoms with Gasteiger partial charge in [0, 0.05) is 20.1 Å². The molecule has 0 aromatic carbocycles. The summed E-state index contributed by atoms with van der Waals surface area (Å²) in [4.78, 5) is 10.7. The fourth-order valence-corrected chi connectivity index (χ4v) is 1.96. The molecule has 94 valence electrons. The van der Waals surface area contributed by atoms with Crippen molar-refractivity contribution in [2.45, 2.75) is 19.1 Å². The Morgan fingerprint density at radius 1 is 1.53 bits per heavy atom. The van der Waals surface area contributed by atoms with E-state index in [1.54, 1.807) is 12.4 Å². The van der Waals surface area contributed by atoms with Gasteiger partial charge in [-0.25, -0.2) is 4.98 Å². The molecule has 0 amide bonds. The van der Waals surface area contributed by atoms with Crippen LogP contribution in [-0.2, 0) is 4.74 Å². The van der Waals surface area contributed by atoms with Gasteiger partial charge in [-0.15, -0.1) is 0 Å². The van der Waals surface area contributed by atoms with Crippen LogP contribution in [0.1, 0.15) is 6.92 Å². The molecule has 1 aromatic heterocycles. The fraction of sp³-hybridized carbons (Fsp3) is 0.636. The van der Waals surface area contributed by atoms with Crippen LogP contribution in [0.4, 0.5) is 11.6 Å². The van der Waals surface area contributed by atoms with Crippen LogP contribution < -0.4 is 10.2 Å². The Kier molecular flexibility index (Phi) is 3.75. The highest BCUT2D eigenvalue weighted by atomic mass is 16.5. The van der Waals surface area contributed by atoms with Crippen molar-refractivity contribution in [1.29, 1.82) is 0 Å². The largest absolute Gasteiger partial charge is 0.394 e. The number of aliphatic hydroxyl groups is 1. The molecule has 0 saturated carbocycles. The van der Waals surface area contributed by atoms with Gasteiger partial charge in [0.1, 0.15) is 11.6 Å². The zero-order valence-corrected chi connectivity index (χ0v) is 10.1. The number of nitrogens with zero attached hydrogens (tertiary/aromatic N) is 3. The maximum Gasteiger partial charge on any atom is 0.149 e. The molecule has 2 atom stereocenters. The summed E-state index contributed by atoms with van der Waals surface area (Å²) in [6.07, 6.45) is 3.34. The molecule has 0 bridgehead atoms. The first kappa shape index (κ1) is 12.1. The Morgan fingerprint density at radius 3 is 3.06 bits per heavy atom. The zero-order valence-electron chi connectivity index (χ0n) is 10.1. The van der Waals surface area contributed by atoms with Gasteiger partial charge in [0.2, 0.25) is 0 Å². The number of rotatable bonds is 3. The summed E-state index contributed by atoms with van der Waals surface area (Å²) in [5.74, 6) is 1.55. The molecule has 17 heavy (non-hydrogen) atoms. The highest BCUT2D eigenvalue weighted by Gasteiger charge is 2.25. The summed E-state index contributed by atoms with van der Waals surface area (Å²) in [6, 6.07) is 0. The van der Waals surface area contributed by atoms with E-state index in [0.29, 0.717) is 6.54 Å². The van der Waals surface area contributed by atoms with Crippen LogP contribution in [0.3, 0.4) is 0 Å². The lowest BCUT2D eigenvalue weighted by molar-refractivity contribution is -0.0423. The first-order valence-electron chi connectivity index (χ1n) is 5.74. The predicted molar refractivity (Wildman–Crippen MR) is 65.2 cm³/mol. The normalized spacial score (nSPS) is 24.8. The van der Waals surface area contributed by atoms with E-state index >= 15 is 0 Å². The van der Waals surface area contributed by atoms with Crippen molar-refractivity contribution in [3.05, 3.63) is 12.4 Å². The van der Waals surface area contributed by atoms with E-state index in [1.807, 2.05) is 14.0 Å². The van der Waals surface area contributed by atoms with Crippen molar-refractivity contribution >= 4 is 11.6 Å². The van der Waals surface area contributed by atoms with E-state index in [2.05, 4.69) is 20.2 Å². The van der Waals surface area contributed by atoms with Gasteiger partial charge in [-0.2, -0.15) is 0 Å². The number of nitrogens with one attached hydrogen (secondary N) is 1. The SMILES string of the molecule is CNc1cncc(N2CC(C)OC(CO)C2)n1. The van der Waals surface area contributed by atoms with Gasteiger partial charge in [-0.1, -0.05) is 0 Å². The third-order valence-electron chi connectivity index (χ3n) is 2.73. The number of hydrogen-bond donors (Lipinski definition) is 2. The van der Waals surface area contributed by atoms with E-state index in [1.165, 1.54) is 0 Å². The van der Waals surface area contributed by atoms with Crippen LogP contribution in [0.2, 0.25) is 0 Å². The van der Waals surface area contributed by atoms with E-state index in [0.717, 1.165) is 18.2 Å². The van der Waals surface area contributed by atoms with Crippen LogP contribution in [0.15, 0.2) is 12.4 Å². The standard InChI is InChI=1S/C11H18N4O2/c1-8-5-15(6-9(7-16)17-8)11-4-13-3-10(12-2)14-11/h3-4,8-9,16H,5-7H2,1-2H3,(H,12,14). The number of ether oxygens (including phenoxy) is 1. The summed E-state index contributed by atoms with van der Waals surface area (Å²) < 4.78 is 5.59. The molecule has 2 N–H and O–H groups in total. The van der Waals surface area contributed by atoms with Crippen LogP contribution in [-0.4, -0.2) is 54.0 Å². The second-order valence-corrected chi connectivity index (χ2v) is 4.17. The van der Waals surface area contributed by atoms with Gasteiger partial charge >= 0.3 is 0 Å². The Hall–Kier alpha value is -1.40. The van der Waals surface area contributed by atoms with Crippen molar-refractivity contribution in [2.24, 2.45) is 0 Å². The van der Waals surface area contributed by atoms with Gasteiger partial charge < -0.3 is 20.1 Å². The van der Waals surface area contributed by atoms with Crippen molar-refractivity contribution < 1.29 is 9.84 Å². The quantitative estimate of drug-likeness (QED) is 0.778. The Balaban J connectivity index is 2.14. The first-order valence-corrected chi connectivity index (χ1v) is 5.74. The zero-order chi connectivity index (χ0) is 12.3. The third-order valence-corrected chi connectivity index (χ3v) is 2.73. The molecular formula is C11H18N4O2. The monoisotopic (exact) mass is 238 g/mol. The van der Waals surface area contributed by atoms with Gasteiger partial charge in [0.25, 0.3) is 0 Å².